The second kappa shape index (κ2) is 8.09. The van der Waals surface area contributed by atoms with Gasteiger partial charge in [0.05, 0.1) is 17.6 Å². The van der Waals surface area contributed by atoms with Gasteiger partial charge in [-0.25, -0.2) is 0 Å². The van der Waals surface area contributed by atoms with E-state index in [9.17, 15) is 15.2 Å². The molecule has 2 rings (SSSR count). The zero-order chi connectivity index (χ0) is 15.1. The summed E-state index contributed by atoms with van der Waals surface area (Å²) >= 11 is 0. The van der Waals surface area contributed by atoms with Crippen LogP contribution in [0.2, 0.25) is 0 Å². The lowest BCUT2D eigenvalue weighted by molar-refractivity contribution is -0.385. The summed E-state index contributed by atoms with van der Waals surface area (Å²) in [4.78, 5) is 10.1. The molecule has 7 nitrogen and oxygen atoms in total. The van der Waals surface area contributed by atoms with Crippen molar-refractivity contribution in [1.82, 2.24) is 15.1 Å². The summed E-state index contributed by atoms with van der Waals surface area (Å²) in [7, 11) is 0. The van der Waals surface area contributed by atoms with Crippen LogP contribution in [-0.2, 0) is 6.54 Å². The van der Waals surface area contributed by atoms with Gasteiger partial charge >= 0.3 is 5.69 Å². The van der Waals surface area contributed by atoms with Crippen LogP contribution in [-0.4, -0.2) is 38.5 Å². The molecule has 1 fully saturated rings. The maximum absolute atomic E-state index is 10.6. The maximum Gasteiger partial charge on any atom is 0.306 e. The lowest BCUT2D eigenvalue weighted by Gasteiger charge is -2.22. The molecule has 1 saturated carbocycles. The minimum absolute atomic E-state index is 0.0461. The van der Waals surface area contributed by atoms with Gasteiger partial charge in [0.2, 0.25) is 0 Å². The molecule has 1 aliphatic carbocycles. The first-order valence-electron chi connectivity index (χ1n) is 7.73. The van der Waals surface area contributed by atoms with Crippen molar-refractivity contribution >= 4 is 5.69 Å². The topological polar surface area (TPSA) is 93.2 Å². The SMILES string of the molecule is O=[N+]([O-])c1cnn(CC(O)CNC2CCCCCCC2)c1. The molecule has 1 heterocycles. The van der Waals surface area contributed by atoms with E-state index >= 15 is 0 Å². The van der Waals surface area contributed by atoms with Crippen LogP contribution in [0.5, 0.6) is 0 Å². The minimum Gasteiger partial charge on any atom is -0.390 e. The highest BCUT2D eigenvalue weighted by molar-refractivity contribution is 5.20. The Balaban J connectivity index is 1.72. The number of nitrogens with zero attached hydrogens (tertiary/aromatic N) is 3. The molecule has 7 heteroatoms. The molecular formula is C14H24N4O3. The first-order valence-corrected chi connectivity index (χ1v) is 7.73. The lowest BCUT2D eigenvalue weighted by Crippen LogP contribution is -2.37. The van der Waals surface area contributed by atoms with Crippen LogP contribution in [0.25, 0.3) is 0 Å². The minimum atomic E-state index is -0.588. The van der Waals surface area contributed by atoms with E-state index in [1.807, 2.05) is 0 Å². The van der Waals surface area contributed by atoms with Crippen molar-refractivity contribution in [2.45, 2.75) is 63.6 Å². The van der Waals surface area contributed by atoms with Crippen LogP contribution in [0.3, 0.4) is 0 Å². The summed E-state index contributed by atoms with van der Waals surface area (Å²) < 4.78 is 1.42. The normalized spacial score (nSPS) is 18.9. The second-order valence-electron chi connectivity index (χ2n) is 5.78. The van der Waals surface area contributed by atoms with Gasteiger partial charge in [0.1, 0.15) is 12.4 Å². The molecule has 21 heavy (non-hydrogen) atoms. The van der Waals surface area contributed by atoms with E-state index < -0.39 is 11.0 Å². The Bertz CT molecular complexity index is 441. The van der Waals surface area contributed by atoms with Crippen molar-refractivity contribution in [2.75, 3.05) is 6.54 Å². The molecule has 2 N–H and O–H groups in total. The Labute approximate surface area is 124 Å². The van der Waals surface area contributed by atoms with E-state index in [-0.39, 0.29) is 12.2 Å². The van der Waals surface area contributed by atoms with Crippen LogP contribution in [0, 0.1) is 10.1 Å². The van der Waals surface area contributed by atoms with E-state index in [1.54, 1.807) is 0 Å². The molecular weight excluding hydrogens is 272 g/mol. The Morgan fingerprint density at radius 2 is 2.05 bits per heavy atom. The summed E-state index contributed by atoms with van der Waals surface area (Å²) in [6.45, 7) is 0.770. The third kappa shape index (κ3) is 5.43. The Morgan fingerprint density at radius 3 is 2.67 bits per heavy atom. The standard InChI is InChI=1S/C14H24N4O3/c19-14(11-17-10-13(8-16-17)18(20)21)9-15-12-6-4-2-1-3-5-7-12/h8,10,12,14-15,19H,1-7,9,11H2. The van der Waals surface area contributed by atoms with Gasteiger partial charge in [-0.15, -0.1) is 0 Å². The molecule has 0 aliphatic heterocycles. The van der Waals surface area contributed by atoms with E-state index in [2.05, 4.69) is 10.4 Å². The molecule has 0 amide bonds. The van der Waals surface area contributed by atoms with Crippen molar-refractivity contribution in [3.05, 3.63) is 22.5 Å². The molecule has 0 saturated heterocycles. The van der Waals surface area contributed by atoms with Crippen LogP contribution >= 0.6 is 0 Å². The average molecular weight is 296 g/mol. The van der Waals surface area contributed by atoms with E-state index in [4.69, 9.17) is 0 Å². The number of hydrogen-bond acceptors (Lipinski definition) is 5. The van der Waals surface area contributed by atoms with Gasteiger partial charge in [-0.3, -0.25) is 14.8 Å². The Morgan fingerprint density at radius 1 is 1.38 bits per heavy atom. The smallest absolute Gasteiger partial charge is 0.306 e. The number of rotatable bonds is 6. The third-order valence-electron chi connectivity index (χ3n) is 3.98. The summed E-state index contributed by atoms with van der Waals surface area (Å²) in [6, 6.07) is 0.479. The highest BCUT2D eigenvalue weighted by Gasteiger charge is 2.15. The quantitative estimate of drug-likeness (QED) is 0.617. The van der Waals surface area contributed by atoms with E-state index in [0.717, 1.165) is 0 Å². The first-order chi connectivity index (χ1) is 10.1. The fourth-order valence-electron chi connectivity index (χ4n) is 2.79. The number of aromatic nitrogens is 2. The number of aliphatic hydroxyl groups excluding tert-OH is 1. The molecule has 1 aromatic rings. The summed E-state index contributed by atoms with van der Waals surface area (Å²) in [5, 5.41) is 27.9. The van der Waals surface area contributed by atoms with Gasteiger partial charge in [-0.05, 0) is 12.8 Å². The van der Waals surface area contributed by atoms with Crippen LogP contribution in [0.4, 0.5) is 5.69 Å². The van der Waals surface area contributed by atoms with Crippen molar-refractivity contribution in [1.29, 1.82) is 0 Å². The lowest BCUT2D eigenvalue weighted by atomic mass is 9.96. The van der Waals surface area contributed by atoms with Gasteiger partial charge in [0, 0.05) is 12.6 Å². The molecule has 0 bridgehead atoms. The van der Waals surface area contributed by atoms with Crippen molar-refractivity contribution in [3.63, 3.8) is 0 Å². The first kappa shape index (κ1) is 15.9. The fraction of sp³-hybridized carbons (Fsp3) is 0.786. The monoisotopic (exact) mass is 296 g/mol. The molecule has 1 atom stereocenters. The molecule has 1 aromatic heterocycles. The molecule has 1 unspecified atom stereocenters. The van der Waals surface area contributed by atoms with E-state index in [0.29, 0.717) is 12.6 Å². The molecule has 0 radical (unpaired) electrons. The molecule has 0 aromatic carbocycles. The Hall–Kier alpha value is -1.47. The van der Waals surface area contributed by atoms with Gasteiger partial charge in [-0.1, -0.05) is 32.1 Å². The maximum atomic E-state index is 10.6. The average Bonchev–Trinajstić information content (AvgIpc) is 2.86. The predicted molar refractivity (Wildman–Crippen MR) is 79.0 cm³/mol. The number of hydrogen-bond donors (Lipinski definition) is 2. The number of nitro groups is 1. The van der Waals surface area contributed by atoms with Crippen LogP contribution in [0.15, 0.2) is 12.4 Å². The zero-order valence-electron chi connectivity index (χ0n) is 12.3. The molecule has 0 spiro atoms. The van der Waals surface area contributed by atoms with Crippen molar-refractivity contribution < 1.29 is 10.0 Å². The number of aliphatic hydroxyl groups is 1. The molecule has 1 aliphatic rings. The largest absolute Gasteiger partial charge is 0.390 e. The van der Waals surface area contributed by atoms with Gasteiger partial charge in [0.15, 0.2) is 0 Å². The van der Waals surface area contributed by atoms with Crippen molar-refractivity contribution in [2.24, 2.45) is 0 Å². The zero-order valence-corrected chi connectivity index (χ0v) is 12.3. The van der Waals surface area contributed by atoms with Crippen LogP contribution in [0.1, 0.15) is 44.9 Å². The van der Waals surface area contributed by atoms with Gasteiger partial charge < -0.3 is 10.4 Å². The van der Waals surface area contributed by atoms with Gasteiger partial charge in [-0.2, -0.15) is 5.10 Å². The molecule has 118 valence electrons. The van der Waals surface area contributed by atoms with E-state index in [1.165, 1.54) is 62.0 Å². The van der Waals surface area contributed by atoms with Gasteiger partial charge in [0.25, 0.3) is 0 Å². The number of nitrogens with one attached hydrogen (secondary N) is 1. The summed E-state index contributed by atoms with van der Waals surface area (Å²) in [5.41, 5.74) is -0.0461. The summed E-state index contributed by atoms with van der Waals surface area (Å²) in [6.07, 6.45) is 10.7. The Kier molecular flexibility index (Phi) is 6.13. The highest BCUT2D eigenvalue weighted by Crippen LogP contribution is 2.17. The van der Waals surface area contributed by atoms with Crippen LogP contribution < -0.4 is 5.32 Å². The van der Waals surface area contributed by atoms with Crippen molar-refractivity contribution in [3.8, 4) is 0 Å². The third-order valence-corrected chi connectivity index (χ3v) is 3.98. The fourth-order valence-corrected chi connectivity index (χ4v) is 2.79. The second-order valence-corrected chi connectivity index (χ2v) is 5.78. The highest BCUT2D eigenvalue weighted by atomic mass is 16.6. The predicted octanol–water partition coefficient (Wildman–Crippen LogP) is 1.85. The summed E-state index contributed by atoms with van der Waals surface area (Å²) in [5.74, 6) is 0.